The van der Waals surface area contributed by atoms with Gasteiger partial charge in [0.25, 0.3) is 0 Å². The van der Waals surface area contributed by atoms with Crippen LogP contribution in [-0.4, -0.2) is 22.3 Å². The number of aliphatic hydroxyl groups is 1. The van der Waals surface area contributed by atoms with E-state index in [9.17, 15) is 9.90 Å². The smallest absolute Gasteiger partial charge is 0.309 e. The Kier molecular flexibility index (Phi) is 1.76. The lowest BCUT2D eigenvalue weighted by Crippen LogP contribution is -2.66. The number of rotatable bonds is 1. The third-order valence-corrected chi connectivity index (χ3v) is 3.76. The van der Waals surface area contributed by atoms with E-state index in [2.05, 4.69) is 0 Å². The zero-order valence-corrected chi connectivity index (χ0v) is 7.96. The predicted octanol–water partition coefficient (Wildman–Crippen LogP) is 1.11. The van der Waals surface area contributed by atoms with Gasteiger partial charge in [0.2, 0.25) is 0 Å². The van der Waals surface area contributed by atoms with Crippen LogP contribution in [0.15, 0.2) is 0 Å². The van der Waals surface area contributed by atoms with Gasteiger partial charge in [-0.1, -0.05) is 27.7 Å². The summed E-state index contributed by atoms with van der Waals surface area (Å²) in [5.41, 5.74) is -0.617. The van der Waals surface area contributed by atoms with E-state index in [1.807, 2.05) is 27.7 Å². The summed E-state index contributed by atoms with van der Waals surface area (Å²) in [6.07, 6.45) is -0.718. The fraction of sp³-hybridized carbons (Fsp3) is 0.889. The molecule has 0 amide bonds. The largest absolute Gasteiger partial charge is 0.481 e. The lowest BCUT2D eigenvalue weighted by Gasteiger charge is -2.60. The molecular formula is C9H16O3. The molecule has 1 saturated carbocycles. The molecule has 0 heterocycles. The van der Waals surface area contributed by atoms with E-state index in [0.717, 1.165) is 0 Å². The molecule has 1 fully saturated rings. The molecule has 70 valence electrons. The van der Waals surface area contributed by atoms with Gasteiger partial charge in [0.1, 0.15) is 0 Å². The summed E-state index contributed by atoms with van der Waals surface area (Å²) in [5, 5.41) is 18.4. The molecule has 1 aliphatic rings. The quantitative estimate of drug-likeness (QED) is 0.623. The number of carbonyl (C=O) groups is 1. The second kappa shape index (κ2) is 2.22. The minimum atomic E-state index is -0.896. The molecule has 3 nitrogen and oxygen atoms in total. The maximum absolute atomic E-state index is 10.7. The molecule has 3 heteroatoms. The fourth-order valence-electron chi connectivity index (χ4n) is 1.94. The Hall–Kier alpha value is -0.570. The first-order chi connectivity index (χ1) is 5.23. The summed E-state index contributed by atoms with van der Waals surface area (Å²) in [6, 6.07) is 0. The normalized spacial score (nSPS) is 37.1. The van der Waals surface area contributed by atoms with Crippen LogP contribution in [0.1, 0.15) is 27.7 Å². The van der Waals surface area contributed by atoms with Crippen LogP contribution < -0.4 is 0 Å². The van der Waals surface area contributed by atoms with Gasteiger partial charge in [0, 0.05) is 0 Å². The number of carboxylic acid groups (broad SMARTS) is 1. The van der Waals surface area contributed by atoms with Crippen LogP contribution >= 0.6 is 0 Å². The van der Waals surface area contributed by atoms with Crippen LogP contribution in [0.2, 0.25) is 0 Å². The molecular weight excluding hydrogens is 156 g/mol. The maximum atomic E-state index is 10.7. The summed E-state index contributed by atoms with van der Waals surface area (Å²) < 4.78 is 0. The highest BCUT2D eigenvalue weighted by molar-refractivity contribution is 5.74. The van der Waals surface area contributed by atoms with E-state index in [-0.39, 0.29) is 10.8 Å². The van der Waals surface area contributed by atoms with Crippen molar-refractivity contribution >= 4 is 5.97 Å². The minimum absolute atomic E-state index is 0.296. The number of aliphatic carboxylic acids is 1. The monoisotopic (exact) mass is 172 g/mol. The van der Waals surface area contributed by atoms with Crippen LogP contribution in [0, 0.1) is 16.7 Å². The first kappa shape index (κ1) is 9.52. The van der Waals surface area contributed by atoms with E-state index >= 15 is 0 Å². The molecule has 1 aliphatic carbocycles. The highest BCUT2D eigenvalue weighted by atomic mass is 16.4. The molecule has 0 spiro atoms. The molecule has 0 aromatic heterocycles. The van der Waals surface area contributed by atoms with Crippen molar-refractivity contribution in [2.45, 2.75) is 33.8 Å². The highest BCUT2D eigenvalue weighted by Gasteiger charge is 2.64. The van der Waals surface area contributed by atoms with Crippen molar-refractivity contribution in [1.82, 2.24) is 0 Å². The fourth-order valence-corrected chi connectivity index (χ4v) is 1.94. The van der Waals surface area contributed by atoms with Crippen molar-refractivity contribution in [3.05, 3.63) is 0 Å². The van der Waals surface area contributed by atoms with Gasteiger partial charge in [-0.15, -0.1) is 0 Å². The second-order valence-corrected chi connectivity index (χ2v) is 4.70. The van der Waals surface area contributed by atoms with Gasteiger partial charge in [0.15, 0.2) is 0 Å². The van der Waals surface area contributed by atoms with Crippen LogP contribution in [0.25, 0.3) is 0 Å². The van der Waals surface area contributed by atoms with Crippen molar-refractivity contribution in [3.8, 4) is 0 Å². The first-order valence-electron chi connectivity index (χ1n) is 4.14. The average Bonchev–Trinajstić information content (AvgIpc) is 1.85. The Balaban J connectivity index is 2.92. The van der Waals surface area contributed by atoms with Crippen LogP contribution in [0.5, 0.6) is 0 Å². The zero-order chi connectivity index (χ0) is 9.73. The summed E-state index contributed by atoms with van der Waals surface area (Å²) in [7, 11) is 0. The van der Waals surface area contributed by atoms with E-state index in [0.29, 0.717) is 0 Å². The maximum Gasteiger partial charge on any atom is 0.309 e. The minimum Gasteiger partial charge on any atom is -0.481 e. The van der Waals surface area contributed by atoms with E-state index < -0.39 is 18.0 Å². The summed E-state index contributed by atoms with van der Waals surface area (Å²) >= 11 is 0. The molecule has 0 bridgehead atoms. The van der Waals surface area contributed by atoms with Gasteiger partial charge in [-0.25, -0.2) is 0 Å². The predicted molar refractivity (Wildman–Crippen MR) is 44.7 cm³/mol. The van der Waals surface area contributed by atoms with E-state index in [4.69, 9.17) is 5.11 Å². The average molecular weight is 172 g/mol. The Morgan fingerprint density at radius 2 is 1.58 bits per heavy atom. The third kappa shape index (κ3) is 0.829. The van der Waals surface area contributed by atoms with E-state index in [1.165, 1.54) is 0 Å². The SMILES string of the molecule is CC1(C)C(O)C(C(=O)O)C1(C)C. The topological polar surface area (TPSA) is 57.5 Å². The number of aliphatic hydroxyl groups excluding tert-OH is 1. The molecule has 1 rings (SSSR count). The van der Waals surface area contributed by atoms with Gasteiger partial charge in [-0.3, -0.25) is 4.79 Å². The molecule has 0 aromatic carbocycles. The molecule has 0 aromatic rings. The first-order valence-corrected chi connectivity index (χ1v) is 4.14. The Labute approximate surface area is 72.4 Å². The highest BCUT2D eigenvalue weighted by Crippen LogP contribution is 2.59. The summed E-state index contributed by atoms with van der Waals surface area (Å²) in [4.78, 5) is 10.7. The lowest BCUT2D eigenvalue weighted by molar-refractivity contribution is -0.223. The molecule has 2 N–H and O–H groups in total. The number of hydrogen-bond acceptors (Lipinski definition) is 2. The van der Waals surface area contributed by atoms with Crippen molar-refractivity contribution in [1.29, 1.82) is 0 Å². The second-order valence-electron chi connectivity index (χ2n) is 4.70. The van der Waals surface area contributed by atoms with Crippen LogP contribution in [0.3, 0.4) is 0 Å². The van der Waals surface area contributed by atoms with Gasteiger partial charge < -0.3 is 10.2 Å². The molecule has 0 radical (unpaired) electrons. The van der Waals surface area contributed by atoms with Crippen molar-refractivity contribution in [2.75, 3.05) is 0 Å². The van der Waals surface area contributed by atoms with Gasteiger partial charge in [-0.05, 0) is 10.8 Å². The standard InChI is InChI=1S/C9H16O3/c1-8(2)5(7(11)12)6(10)9(8,3)4/h5-6,10H,1-4H3,(H,11,12). The number of carboxylic acids is 1. The van der Waals surface area contributed by atoms with E-state index in [1.54, 1.807) is 0 Å². The van der Waals surface area contributed by atoms with Gasteiger partial charge >= 0.3 is 5.97 Å². The Bertz CT molecular complexity index is 218. The van der Waals surface area contributed by atoms with Crippen LogP contribution in [0.4, 0.5) is 0 Å². The van der Waals surface area contributed by atoms with Crippen molar-refractivity contribution in [3.63, 3.8) is 0 Å². The Morgan fingerprint density at radius 1 is 1.17 bits per heavy atom. The molecule has 2 unspecified atom stereocenters. The third-order valence-electron chi connectivity index (χ3n) is 3.76. The summed E-state index contributed by atoms with van der Waals surface area (Å²) in [5.74, 6) is -1.51. The molecule has 0 aliphatic heterocycles. The van der Waals surface area contributed by atoms with Crippen molar-refractivity contribution in [2.24, 2.45) is 16.7 Å². The van der Waals surface area contributed by atoms with Gasteiger partial charge in [-0.2, -0.15) is 0 Å². The lowest BCUT2D eigenvalue weighted by atomic mass is 9.45. The van der Waals surface area contributed by atoms with Gasteiger partial charge in [0.05, 0.1) is 12.0 Å². The molecule has 2 atom stereocenters. The number of hydrogen-bond donors (Lipinski definition) is 2. The zero-order valence-electron chi connectivity index (χ0n) is 7.96. The van der Waals surface area contributed by atoms with Crippen LogP contribution in [-0.2, 0) is 4.79 Å². The summed E-state index contributed by atoms with van der Waals surface area (Å²) in [6.45, 7) is 7.57. The van der Waals surface area contributed by atoms with Crippen molar-refractivity contribution < 1.29 is 15.0 Å². The molecule has 12 heavy (non-hydrogen) atoms. The molecule has 0 saturated heterocycles. The Morgan fingerprint density at radius 3 is 1.75 bits per heavy atom.